The van der Waals surface area contributed by atoms with E-state index < -0.39 is 8.07 Å². The van der Waals surface area contributed by atoms with Crippen LogP contribution in [0.1, 0.15) is 38.8 Å². The van der Waals surface area contributed by atoms with Crippen LogP contribution in [0.5, 0.6) is 0 Å². The molecule has 6 rings (SSSR count). The van der Waals surface area contributed by atoms with Gasteiger partial charge in [0.25, 0.3) is 0 Å². The number of benzene rings is 5. The predicted molar refractivity (Wildman–Crippen MR) is 207 cm³/mol. The maximum atomic E-state index is 4.39. The van der Waals surface area contributed by atoms with E-state index in [2.05, 4.69) is 190 Å². The van der Waals surface area contributed by atoms with E-state index in [4.69, 9.17) is 0 Å². The fraction of sp³-hybridized carbons (Fsp3) is 0.233. The van der Waals surface area contributed by atoms with Crippen molar-refractivity contribution in [1.29, 1.82) is 0 Å². The minimum atomic E-state index is -2.37. The summed E-state index contributed by atoms with van der Waals surface area (Å²) in [6.45, 7) is 11.9. The summed E-state index contributed by atoms with van der Waals surface area (Å²) in [4.78, 5) is 4.39. The molecule has 238 valence electrons. The zero-order valence-electron chi connectivity index (χ0n) is 28.8. The van der Waals surface area contributed by atoms with Gasteiger partial charge in [-0.2, -0.15) is 0 Å². The highest BCUT2D eigenvalue weighted by Crippen LogP contribution is 2.16. The summed E-state index contributed by atoms with van der Waals surface area (Å²) < 4.78 is 2.28. The first-order valence-electron chi connectivity index (χ1n) is 17.1. The van der Waals surface area contributed by atoms with E-state index >= 15 is 0 Å². The summed E-state index contributed by atoms with van der Waals surface area (Å²) in [5, 5.41) is 4.39. The molecule has 0 N–H and O–H groups in total. The third-order valence-corrected chi connectivity index (χ3v) is 13.7. The lowest BCUT2D eigenvalue weighted by atomic mass is 9.43. The molecule has 6 aromatic rings. The lowest BCUT2D eigenvalue weighted by molar-refractivity contribution is 0.647. The zero-order chi connectivity index (χ0) is 33.1. The molecule has 0 aliphatic carbocycles. The number of hydrogen-bond acceptors (Lipinski definition) is 1. The van der Waals surface area contributed by atoms with Crippen molar-refractivity contribution in [2.24, 2.45) is 11.8 Å². The first-order chi connectivity index (χ1) is 22.8. The molecule has 0 bridgehead atoms. The van der Waals surface area contributed by atoms with Crippen molar-refractivity contribution in [2.45, 2.75) is 53.5 Å². The molecule has 0 aliphatic heterocycles. The van der Waals surface area contributed by atoms with Gasteiger partial charge in [0, 0.05) is 18.6 Å². The normalized spacial score (nSPS) is 11.3. The van der Waals surface area contributed by atoms with Gasteiger partial charge >= 0.3 is 0 Å². The van der Waals surface area contributed by atoms with Gasteiger partial charge in [-0.25, -0.2) is 4.98 Å². The Balaban J connectivity index is 0.000000257. The van der Waals surface area contributed by atoms with Crippen LogP contribution in [-0.4, -0.2) is 24.3 Å². The van der Waals surface area contributed by atoms with Crippen LogP contribution in [0.3, 0.4) is 0 Å². The predicted octanol–water partition coefficient (Wildman–Crippen LogP) is 6.92. The monoisotopic (exact) mass is 632 g/mol. The number of aromatic nitrogens is 2. The lowest BCUT2D eigenvalue weighted by Crippen LogP contribution is -2.69. The molecule has 0 unspecified atom stereocenters. The lowest BCUT2D eigenvalue weighted by Gasteiger charge is -2.35. The smallest absolute Gasteiger partial charge is 0.206 e. The Bertz CT molecular complexity index is 1670. The van der Waals surface area contributed by atoms with Gasteiger partial charge in [0.2, 0.25) is 6.71 Å². The molecule has 0 amide bonds. The highest BCUT2D eigenvalue weighted by Gasteiger charge is 2.40. The van der Waals surface area contributed by atoms with Gasteiger partial charge in [-0.1, -0.05) is 185 Å². The molecule has 0 aliphatic rings. The van der Waals surface area contributed by atoms with E-state index in [1.165, 1.54) is 37.6 Å². The molecule has 0 saturated heterocycles. The fourth-order valence-corrected chi connectivity index (χ4v) is 11.4. The summed E-state index contributed by atoms with van der Waals surface area (Å²) in [6, 6.07) is 51.2. The third-order valence-electron chi connectivity index (χ3n) is 8.97. The van der Waals surface area contributed by atoms with E-state index in [0.29, 0.717) is 18.5 Å². The van der Waals surface area contributed by atoms with Crippen LogP contribution < -0.4 is 26.5 Å². The second kappa shape index (κ2) is 16.4. The fourth-order valence-electron chi connectivity index (χ4n) is 6.70. The van der Waals surface area contributed by atoms with Crippen LogP contribution in [0, 0.1) is 11.8 Å². The van der Waals surface area contributed by atoms with Crippen molar-refractivity contribution in [3.63, 3.8) is 0 Å². The minimum absolute atomic E-state index is 0.484. The Labute approximate surface area is 284 Å². The molecule has 0 fully saturated rings. The topological polar surface area (TPSA) is 17.8 Å². The van der Waals surface area contributed by atoms with Crippen molar-refractivity contribution in [3.05, 3.63) is 169 Å². The minimum Gasteiger partial charge on any atom is -0.339 e. The highest BCUT2D eigenvalue weighted by atomic mass is 28.3. The van der Waals surface area contributed by atoms with Crippen LogP contribution >= 0.6 is 0 Å². The van der Waals surface area contributed by atoms with E-state index in [0.717, 1.165) is 19.0 Å². The van der Waals surface area contributed by atoms with E-state index in [-0.39, 0.29) is 0 Å². The molecule has 1 heterocycles. The molecular formula is C43H49BN2Si. The van der Waals surface area contributed by atoms with E-state index in [9.17, 15) is 0 Å². The van der Waals surface area contributed by atoms with Gasteiger partial charge in [0.1, 0.15) is 0 Å². The van der Waals surface area contributed by atoms with Crippen molar-refractivity contribution < 1.29 is 0 Å². The van der Waals surface area contributed by atoms with E-state index in [1.807, 2.05) is 12.5 Å². The molecule has 47 heavy (non-hydrogen) atoms. The molecule has 4 heteroatoms. The summed E-state index contributed by atoms with van der Waals surface area (Å²) in [7, 11) is -2.37. The van der Waals surface area contributed by atoms with Crippen LogP contribution in [-0.2, 0) is 19.0 Å². The Kier molecular flexibility index (Phi) is 11.9. The third kappa shape index (κ3) is 8.90. The van der Waals surface area contributed by atoms with Crippen LogP contribution in [0.2, 0.25) is 6.82 Å². The second-order valence-electron chi connectivity index (χ2n) is 13.6. The van der Waals surface area contributed by atoms with Crippen LogP contribution in [0.15, 0.2) is 158 Å². The molecule has 0 spiro atoms. The molecule has 0 radical (unpaired) electrons. The standard InChI is InChI=1S/C30H36N2Si.C13H13B/c1-24(2)18-26-10-8-14-29(20-26)33(23-32-17-16-31-22-32,28-12-6-5-7-13-28)30-15-9-11-27(21-30)19-25(3)4;1-14(12-8-4-2-5-9-12)13-10-6-3-7-11-13/h5-17,20-22,24-25H,18-19,23H2,1-4H3;2-11H,1H3. The molecule has 5 aromatic carbocycles. The zero-order valence-corrected chi connectivity index (χ0v) is 29.8. The van der Waals surface area contributed by atoms with Crippen molar-refractivity contribution in [1.82, 2.24) is 9.55 Å². The SMILES string of the molecule is CB(c1ccccc1)c1ccccc1.CC(C)Cc1cccc([Si](Cn2ccnc2)(c2ccccc2)c2cccc(CC(C)C)c2)c1. The Hall–Kier alpha value is -4.41. The first-order valence-corrected chi connectivity index (χ1v) is 19.4. The Morgan fingerprint density at radius 3 is 1.45 bits per heavy atom. The van der Waals surface area contributed by atoms with Crippen molar-refractivity contribution >= 4 is 41.3 Å². The molecule has 0 saturated carbocycles. The highest BCUT2D eigenvalue weighted by molar-refractivity contribution is 7.10. The number of imidazole rings is 1. The maximum absolute atomic E-state index is 4.39. The summed E-state index contributed by atoms with van der Waals surface area (Å²) in [5.74, 6) is 1.27. The molecular weight excluding hydrogens is 583 g/mol. The Morgan fingerprint density at radius 2 is 1.02 bits per heavy atom. The first kappa shape index (κ1) is 33.9. The van der Waals surface area contributed by atoms with Gasteiger partial charge in [0.15, 0.2) is 8.07 Å². The van der Waals surface area contributed by atoms with Gasteiger partial charge in [0.05, 0.1) is 6.33 Å². The molecule has 0 atom stereocenters. The Morgan fingerprint density at radius 1 is 0.574 bits per heavy atom. The average molecular weight is 633 g/mol. The van der Waals surface area contributed by atoms with Crippen molar-refractivity contribution in [2.75, 3.05) is 0 Å². The number of rotatable bonds is 11. The van der Waals surface area contributed by atoms with Crippen LogP contribution in [0.25, 0.3) is 0 Å². The van der Waals surface area contributed by atoms with Crippen molar-refractivity contribution in [3.8, 4) is 0 Å². The van der Waals surface area contributed by atoms with Gasteiger partial charge in [-0.05, 0) is 51.4 Å². The quantitative estimate of drug-likeness (QED) is 0.112. The maximum Gasteiger partial charge on any atom is 0.206 e. The average Bonchev–Trinajstić information content (AvgIpc) is 3.61. The van der Waals surface area contributed by atoms with Gasteiger partial charge < -0.3 is 4.57 Å². The number of nitrogens with zero attached hydrogens (tertiary/aromatic N) is 2. The van der Waals surface area contributed by atoms with E-state index in [1.54, 1.807) is 0 Å². The summed E-state index contributed by atoms with van der Waals surface area (Å²) in [5.41, 5.74) is 5.61. The largest absolute Gasteiger partial charge is 0.339 e. The second-order valence-corrected chi connectivity index (χ2v) is 17.5. The number of hydrogen-bond donors (Lipinski definition) is 0. The molecule has 1 aromatic heterocycles. The summed E-state index contributed by atoms with van der Waals surface area (Å²) in [6.07, 6.45) is 9.13. The van der Waals surface area contributed by atoms with Crippen LogP contribution in [0.4, 0.5) is 0 Å². The summed E-state index contributed by atoms with van der Waals surface area (Å²) >= 11 is 0. The van der Waals surface area contributed by atoms with Gasteiger partial charge in [-0.15, -0.1) is 0 Å². The van der Waals surface area contributed by atoms with Gasteiger partial charge in [-0.3, -0.25) is 0 Å². The molecule has 2 nitrogen and oxygen atoms in total.